The summed E-state index contributed by atoms with van der Waals surface area (Å²) in [4.78, 5) is 12.7. The lowest BCUT2D eigenvalue weighted by atomic mass is 9.73. The predicted octanol–water partition coefficient (Wildman–Crippen LogP) is 3.73. The van der Waals surface area contributed by atoms with Crippen molar-refractivity contribution < 1.29 is 13.2 Å². The number of nitrogens with zero attached hydrogens (tertiary/aromatic N) is 4. The summed E-state index contributed by atoms with van der Waals surface area (Å²) in [6, 6.07) is 14.2. The van der Waals surface area contributed by atoms with Gasteiger partial charge in [-0.15, -0.1) is 5.10 Å². The predicted molar refractivity (Wildman–Crippen MR) is 131 cm³/mol. The highest BCUT2D eigenvalue weighted by Crippen LogP contribution is 2.45. The van der Waals surface area contributed by atoms with Crippen LogP contribution in [-0.2, 0) is 15.4 Å². The molecule has 0 bridgehead atoms. The monoisotopic (exact) mass is 492 g/mol. The van der Waals surface area contributed by atoms with E-state index in [1.165, 1.54) is 0 Å². The number of tetrazole rings is 1. The quantitative estimate of drug-likeness (QED) is 0.538. The summed E-state index contributed by atoms with van der Waals surface area (Å²) in [6.07, 6.45) is 4.25. The van der Waals surface area contributed by atoms with Gasteiger partial charge in [-0.25, -0.2) is 17.8 Å². The van der Waals surface area contributed by atoms with E-state index >= 15 is 0 Å². The number of benzene rings is 2. The Morgan fingerprint density at radius 2 is 1.91 bits per heavy atom. The Labute approximate surface area is 204 Å². The molecule has 10 heteroatoms. The van der Waals surface area contributed by atoms with Gasteiger partial charge in [0.2, 0.25) is 10.0 Å². The second-order valence-electron chi connectivity index (χ2n) is 10.5. The van der Waals surface area contributed by atoms with Crippen LogP contribution in [0.4, 0.5) is 5.69 Å². The smallest absolute Gasteiger partial charge is 0.264 e. The summed E-state index contributed by atoms with van der Waals surface area (Å²) < 4.78 is 28.6. The Balaban J connectivity index is 1.27. The minimum Gasteiger partial charge on any atom is -0.378 e. The lowest BCUT2D eigenvalue weighted by Gasteiger charge is -2.39. The largest absolute Gasteiger partial charge is 0.378 e. The Hall–Kier alpha value is -3.27. The molecule has 1 unspecified atom stereocenters. The first-order valence-corrected chi connectivity index (χ1v) is 13.6. The van der Waals surface area contributed by atoms with Gasteiger partial charge >= 0.3 is 0 Å². The van der Waals surface area contributed by atoms with Crippen LogP contribution in [0.1, 0.15) is 79.5 Å². The molecular formula is C25H28N6O3S. The topological polar surface area (TPSA) is 119 Å². The third kappa shape index (κ3) is 4.20. The fourth-order valence-corrected chi connectivity index (χ4v) is 6.22. The van der Waals surface area contributed by atoms with Crippen LogP contribution in [-0.4, -0.2) is 39.8 Å². The van der Waals surface area contributed by atoms with Crippen LogP contribution in [0.25, 0.3) is 11.4 Å². The molecule has 2 N–H and O–H groups in total. The summed E-state index contributed by atoms with van der Waals surface area (Å²) in [5.74, 6) is 0.223. The van der Waals surface area contributed by atoms with E-state index in [1.54, 1.807) is 6.07 Å². The normalized spacial score (nSPS) is 21.1. The van der Waals surface area contributed by atoms with Crippen molar-refractivity contribution in [2.45, 2.75) is 68.7 Å². The molecule has 0 radical (unpaired) electrons. The molecule has 2 aliphatic carbocycles. The van der Waals surface area contributed by atoms with Crippen molar-refractivity contribution in [3.8, 4) is 11.4 Å². The average Bonchev–Trinajstić information content (AvgIpc) is 3.76. The van der Waals surface area contributed by atoms with Crippen LogP contribution in [0.15, 0.2) is 42.5 Å². The average molecular weight is 493 g/mol. The van der Waals surface area contributed by atoms with Gasteiger partial charge in [-0.3, -0.25) is 4.79 Å². The number of hydrogen-bond donors (Lipinski definition) is 2. The zero-order valence-electron chi connectivity index (χ0n) is 19.7. The number of carbonyl (C=O) groups is 1. The molecule has 6 rings (SSSR count). The molecule has 2 aromatic carbocycles. The van der Waals surface area contributed by atoms with Crippen molar-refractivity contribution in [2.75, 3.05) is 5.32 Å². The van der Waals surface area contributed by atoms with E-state index in [1.807, 2.05) is 28.9 Å². The number of nitrogens with one attached hydrogen (secondary N) is 2. The molecule has 2 fully saturated rings. The molecule has 182 valence electrons. The summed E-state index contributed by atoms with van der Waals surface area (Å²) in [6.45, 7) is 4.31. The van der Waals surface area contributed by atoms with Crippen LogP contribution in [0.2, 0.25) is 0 Å². The number of fused-ring (bicyclic) bond motifs is 1. The van der Waals surface area contributed by atoms with Crippen molar-refractivity contribution >= 4 is 21.6 Å². The molecule has 2 heterocycles. The molecule has 1 aromatic heterocycles. The van der Waals surface area contributed by atoms with Gasteiger partial charge in [-0.05, 0) is 83.3 Å². The lowest BCUT2D eigenvalue weighted by molar-refractivity contribution is 0.0981. The Morgan fingerprint density at radius 3 is 2.66 bits per heavy atom. The third-order valence-electron chi connectivity index (χ3n) is 7.19. The van der Waals surface area contributed by atoms with Crippen molar-refractivity contribution in [3.63, 3.8) is 0 Å². The molecular weight excluding hydrogens is 464 g/mol. The zero-order chi connectivity index (χ0) is 24.4. The molecule has 1 atom stereocenters. The number of aromatic nitrogens is 4. The van der Waals surface area contributed by atoms with Gasteiger partial charge in [0.05, 0.1) is 17.3 Å². The minimum atomic E-state index is -3.59. The first kappa shape index (κ1) is 22.2. The standard InChI is InChI=1S/C25H28N6O3S/c1-25(2)14-22(15-4-3-5-16(12-15)23-27-29-30-31(23)18-7-8-18)26-21-11-6-17(13-20(21)25)24(32)28-35(33,34)19-9-10-19/h3-6,11-13,18-19,22,26H,7-10,14H2,1-2H3,(H,28,32). The van der Waals surface area contributed by atoms with E-state index in [9.17, 15) is 13.2 Å². The summed E-state index contributed by atoms with van der Waals surface area (Å²) in [7, 11) is -3.59. The highest BCUT2D eigenvalue weighted by molar-refractivity contribution is 7.91. The van der Waals surface area contributed by atoms with Gasteiger partial charge in [0, 0.05) is 16.8 Å². The first-order chi connectivity index (χ1) is 16.7. The Bertz CT molecular complexity index is 1420. The number of sulfonamides is 1. The van der Waals surface area contributed by atoms with Crippen molar-refractivity contribution in [1.82, 2.24) is 24.9 Å². The molecule has 3 aliphatic rings. The van der Waals surface area contributed by atoms with Crippen molar-refractivity contribution in [2.24, 2.45) is 0 Å². The van der Waals surface area contributed by atoms with E-state index in [0.717, 1.165) is 47.5 Å². The maximum Gasteiger partial charge on any atom is 0.264 e. The number of carbonyl (C=O) groups excluding carboxylic acids is 1. The van der Waals surface area contributed by atoms with E-state index < -0.39 is 21.2 Å². The molecule has 0 saturated heterocycles. The van der Waals surface area contributed by atoms with Gasteiger partial charge in [0.25, 0.3) is 5.91 Å². The lowest BCUT2D eigenvalue weighted by Crippen LogP contribution is -2.34. The minimum absolute atomic E-state index is 0.0672. The summed E-state index contributed by atoms with van der Waals surface area (Å²) in [5.41, 5.74) is 4.20. The van der Waals surface area contributed by atoms with Crippen LogP contribution >= 0.6 is 0 Å². The molecule has 2 saturated carbocycles. The number of amides is 1. The molecule has 1 amide bonds. The SMILES string of the molecule is CC1(C)CC(c2cccc(-c3nnnn3C3CC3)c2)Nc2ccc(C(=O)NS(=O)(=O)C3CC3)cc21. The van der Waals surface area contributed by atoms with Crippen molar-refractivity contribution in [1.29, 1.82) is 0 Å². The molecule has 35 heavy (non-hydrogen) atoms. The highest BCUT2D eigenvalue weighted by atomic mass is 32.2. The maximum atomic E-state index is 12.7. The van der Waals surface area contributed by atoms with Crippen molar-refractivity contribution in [3.05, 3.63) is 59.2 Å². The van der Waals surface area contributed by atoms with Gasteiger partial charge in [0.15, 0.2) is 5.82 Å². The Kier molecular flexibility index (Phi) is 5.00. The number of rotatable bonds is 6. The van der Waals surface area contributed by atoms with Crippen LogP contribution < -0.4 is 10.0 Å². The van der Waals surface area contributed by atoms with E-state index in [2.05, 4.69) is 51.5 Å². The highest BCUT2D eigenvalue weighted by Gasteiger charge is 2.38. The fourth-order valence-electron chi connectivity index (χ4n) is 4.92. The first-order valence-electron chi connectivity index (χ1n) is 12.1. The van der Waals surface area contributed by atoms with Gasteiger partial charge in [0.1, 0.15) is 0 Å². The number of hydrogen-bond acceptors (Lipinski definition) is 7. The van der Waals surface area contributed by atoms with E-state index in [0.29, 0.717) is 24.4 Å². The molecule has 0 spiro atoms. The van der Waals surface area contributed by atoms with Crippen LogP contribution in [0.5, 0.6) is 0 Å². The molecule has 3 aromatic rings. The molecule has 9 nitrogen and oxygen atoms in total. The second-order valence-corrected chi connectivity index (χ2v) is 12.5. The van der Waals surface area contributed by atoms with E-state index in [4.69, 9.17) is 0 Å². The molecule has 1 aliphatic heterocycles. The second kappa shape index (κ2) is 7.87. The third-order valence-corrected chi connectivity index (χ3v) is 9.00. The zero-order valence-corrected chi connectivity index (χ0v) is 20.5. The van der Waals surface area contributed by atoms with Gasteiger partial charge < -0.3 is 5.32 Å². The summed E-state index contributed by atoms with van der Waals surface area (Å²) >= 11 is 0. The van der Waals surface area contributed by atoms with E-state index in [-0.39, 0.29) is 11.5 Å². The number of anilines is 1. The Morgan fingerprint density at radius 1 is 1.11 bits per heavy atom. The van der Waals surface area contributed by atoms with Crippen LogP contribution in [0, 0.1) is 0 Å². The van der Waals surface area contributed by atoms with Crippen LogP contribution in [0.3, 0.4) is 0 Å². The summed E-state index contributed by atoms with van der Waals surface area (Å²) in [5, 5.41) is 15.5. The fraction of sp³-hybridized carbons (Fsp3) is 0.440. The van der Waals surface area contributed by atoms with Gasteiger partial charge in [-0.2, -0.15) is 0 Å². The van der Waals surface area contributed by atoms with Gasteiger partial charge in [-0.1, -0.05) is 32.0 Å². The maximum absolute atomic E-state index is 12.7.